The molecule has 1 atom stereocenters. The molecule has 0 aromatic carbocycles. The van der Waals surface area contributed by atoms with Crippen molar-refractivity contribution in [2.75, 3.05) is 13.2 Å². The monoisotopic (exact) mass is 292 g/mol. The second-order valence-corrected chi connectivity index (χ2v) is 5.03. The number of esters is 1. The van der Waals surface area contributed by atoms with Gasteiger partial charge in [0, 0.05) is 18.8 Å². The number of pyridine rings is 1. The maximum absolute atomic E-state index is 12.5. The molecule has 1 saturated heterocycles. The molecule has 114 valence electrons. The van der Waals surface area contributed by atoms with E-state index in [1.54, 1.807) is 17.9 Å². The molecular weight excluding hydrogens is 272 g/mol. The van der Waals surface area contributed by atoms with Crippen molar-refractivity contribution in [1.29, 1.82) is 0 Å². The number of aromatic nitrogens is 1. The minimum Gasteiger partial charge on any atom is -0.505 e. The normalized spacial score (nSPS) is 18.3. The van der Waals surface area contributed by atoms with Gasteiger partial charge < -0.3 is 14.7 Å². The van der Waals surface area contributed by atoms with Gasteiger partial charge in [-0.2, -0.15) is 0 Å². The molecule has 6 nitrogen and oxygen atoms in total. The smallest absolute Gasteiger partial charge is 0.307 e. The average Bonchev–Trinajstić information content (AvgIpc) is 2.48. The molecular formula is C15H20N2O4. The van der Waals surface area contributed by atoms with E-state index >= 15 is 0 Å². The van der Waals surface area contributed by atoms with Crippen molar-refractivity contribution in [3.05, 3.63) is 24.0 Å². The van der Waals surface area contributed by atoms with Crippen molar-refractivity contribution in [2.45, 2.75) is 38.6 Å². The highest BCUT2D eigenvalue weighted by Crippen LogP contribution is 2.24. The van der Waals surface area contributed by atoms with Gasteiger partial charge in [-0.3, -0.25) is 9.59 Å². The summed E-state index contributed by atoms with van der Waals surface area (Å²) in [6, 6.07) is 2.81. The van der Waals surface area contributed by atoms with E-state index in [0.29, 0.717) is 13.2 Å². The van der Waals surface area contributed by atoms with Gasteiger partial charge in [-0.05, 0) is 38.3 Å². The first-order valence-electron chi connectivity index (χ1n) is 7.24. The van der Waals surface area contributed by atoms with Crippen molar-refractivity contribution < 1.29 is 19.4 Å². The topological polar surface area (TPSA) is 79.7 Å². The molecule has 0 unspecified atom stereocenters. The first kappa shape index (κ1) is 15.3. The third kappa shape index (κ3) is 3.71. The lowest BCUT2D eigenvalue weighted by molar-refractivity contribution is -0.144. The fourth-order valence-electron chi connectivity index (χ4n) is 2.59. The maximum atomic E-state index is 12.5. The van der Waals surface area contributed by atoms with E-state index in [9.17, 15) is 14.7 Å². The van der Waals surface area contributed by atoms with Gasteiger partial charge in [0.15, 0.2) is 5.69 Å². The second kappa shape index (κ2) is 7.06. The zero-order valence-corrected chi connectivity index (χ0v) is 12.1. The van der Waals surface area contributed by atoms with E-state index in [0.717, 1.165) is 19.3 Å². The predicted molar refractivity (Wildman–Crippen MR) is 75.8 cm³/mol. The van der Waals surface area contributed by atoms with Crippen LogP contribution in [-0.2, 0) is 9.53 Å². The summed E-state index contributed by atoms with van der Waals surface area (Å²) in [4.78, 5) is 29.8. The summed E-state index contributed by atoms with van der Waals surface area (Å²) in [6.45, 7) is 2.66. The molecule has 0 aliphatic carbocycles. The third-order valence-corrected chi connectivity index (χ3v) is 3.58. The molecule has 1 fully saturated rings. The molecule has 21 heavy (non-hydrogen) atoms. The van der Waals surface area contributed by atoms with Crippen molar-refractivity contribution in [3.8, 4) is 5.75 Å². The number of carbonyl (C=O) groups excluding carboxylic acids is 2. The standard InChI is InChI=1S/C15H20N2O4/c1-2-21-13(19)10-11-6-3-4-9-17(11)15(20)14-12(18)7-5-8-16-14/h5,7-8,11,18H,2-4,6,9-10H2,1H3/t11-/m0/s1. The third-order valence-electron chi connectivity index (χ3n) is 3.58. The molecule has 0 spiro atoms. The minimum absolute atomic E-state index is 0.0354. The highest BCUT2D eigenvalue weighted by atomic mass is 16.5. The number of carbonyl (C=O) groups is 2. The molecule has 1 amide bonds. The van der Waals surface area contributed by atoms with Gasteiger partial charge >= 0.3 is 5.97 Å². The van der Waals surface area contributed by atoms with Crippen LogP contribution in [0.5, 0.6) is 5.75 Å². The number of amides is 1. The highest BCUT2D eigenvalue weighted by Gasteiger charge is 2.31. The first-order valence-corrected chi connectivity index (χ1v) is 7.24. The first-order chi connectivity index (χ1) is 10.1. The van der Waals surface area contributed by atoms with Crippen LogP contribution >= 0.6 is 0 Å². The van der Waals surface area contributed by atoms with Gasteiger partial charge in [0.25, 0.3) is 5.91 Å². The molecule has 1 aliphatic heterocycles. The largest absolute Gasteiger partial charge is 0.505 e. The number of ether oxygens (including phenoxy) is 1. The van der Waals surface area contributed by atoms with Gasteiger partial charge in [0.05, 0.1) is 13.0 Å². The Labute approximate surface area is 123 Å². The number of rotatable bonds is 4. The van der Waals surface area contributed by atoms with Crippen LogP contribution in [0.3, 0.4) is 0 Å². The van der Waals surface area contributed by atoms with E-state index in [4.69, 9.17) is 4.74 Å². The van der Waals surface area contributed by atoms with Crippen LogP contribution in [0.4, 0.5) is 0 Å². The zero-order valence-electron chi connectivity index (χ0n) is 12.1. The minimum atomic E-state index is -0.331. The van der Waals surface area contributed by atoms with Crippen LogP contribution in [0, 0.1) is 0 Å². The Morgan fingerprint density at radius 3 is 3.00 bits per heavy atom. The van der Waals surface area contributed by atoms with Crippen LogP contribution in [0.25, 0.3) is 0 Å². The quantitative estimate of drug-likeness (QED) is 0.855. The fourth-order valence-corrected chi connectivity index (χ4v) is 2.59. The van der Waals surface area contributed by atoms with Crippen molar-refractivity contribution in [2.24, 2.45) is 0 Å². The van der Waals surface area contributed by atoms with Gasteiger partial charge in [0.1, 0.15) is 5.75 Å². The molecule has 1 aliphatic rings. The summed E-state index contributed by atoms with van der Waals surface area (Å²) in [5.41, 5.74) is 0.0354. The fraction of sp³-hybridized carbons (Fsp3) is 0.533. The van der Waals surface area contributed by atoms with Crippen LogP contribution in [-0.4, -0.2) is 46.1 Å². The second-order valence-electron chi connectivity index (χ2n) is 5.03. The number of hydrogen-bond donors (Lipinski definition) is 1. The molecule has 2 heterocycles. The van der Waals surface area contributed by atoms with E-state index in [1.165, 1.54) is 12.3 Å². The van der Waals surface area contributed by atoms with E-state index in [-0.39, 0.29) is 35.8 Å². The summed E-state index contributed by atoms with van der Waals surface area (Å²) in [7, 11) is 0. The van der Waals surface area contributed by atoms with Crippen LogP contribution in [0.2, 0.25) is 0 Å². The van der Waals surface area contributed by atoms with Crippen LogP contribution in [0.1, 0.15) is 43.1 Å². The Balaban J connectivity index is 2.13. The molecule has 1 aromatic heterocycles. The summed E-state index contributed by atoms with van der Waals surface area (Å²) in [5.74, 6) is -0.766. The maximum Gasteiger partial charge on any atom is 0.307 e. The SMILES string of the molecule is CCOC(=O)C[C@@H]1CCCCN1C(=O)c1ncccc1O. The summed E-state index contributed by atoms with van der Waals surface area (Å²) < 4.78 is 4.96. The Morgan fingerprint density at radius 2 is 2.29 bits per heavy atom. The average molecular weight is 292 g/mol. The molecule has 2 rings (SSSR count). The van der Waals surface area contributed by atoms with E-state index in [2.05, 4.69) is 4.98 Å². The van der Waals surface area contributed by atoms with E-state index in [1.807, 2.05) is 0 Å². The molecule has 6 heteroatoms. The Kier molecular flexibility index (Phi) is 5.14. The molecule has 0 saturated carbocycles. The number of aromatic hydroxyl groups is 1. The van der Waals surface area contributed by atoms with Crippen molar-refractivity contribution >= 4 is 11.9 Å². The predicted octanol–water partition coefficient (Wildman–Crippen LogP) is 1.74. The van der Waals surface area contributed by atoms with Crippen molar-refractivity contribution in [1.82, 2.24) is 9.88 Å². The Morgan fingerprint density at radius 1 is 1.48 bits per heavy atom. The van der Waals surface area contributed by atoms with Gasteiger partial charge in [-0.25, -0.2) is 4.98 Å². The molecule has 1 N–H and O–H groups in total. The van der Waals surface area contributed by atoms with Crippen LogP contribution in [0.15, 0.2) is 18.3 Å². The molecule has 0 radical (unpaired) electrons. The number of nitrogens with zero attached hydrogens (tertiary/aromatic N) is 2. The van der Waals surface area contributed by atoms with Crippen molar-refractivity contribution in [3.63, 3.8) is 0 Å². The van der Waals surface area contributed by atoms with E-state index < -0.39 is 0 Å². The Hall–Kier alpha value is -2.11. The number of hydrogen-bond acceptors (Lipinski definition) is 5. The number of piperidine rings is 1. The molecule has 1 aromatic rings. The van der Waals surface area contributed by atoms with Gasteiger partial charge in [-0.1, -0.05) is 0 Å². The highest BCUT2D eigenvalue weighted by molar-refractivity contribution is 5.95. The Bertz CT molecular complexity index is 518. The lowest BCUT2D eigenvalue weighted by atomic mass is 9.98. The number of likely N-dealkylation sites (tertiary alicyclic amines) is 1. The zero-order chi connectivity index (χ0) is 15.2. The van der Waals surface area contributed by atoms with Crippen LogP contribution < -0.4 is 0 Å². The lowest BCUT2D eigenvalue weighted by Gasteiger charge is -2.35. The summed E-state index contributed by atoms with van der Waals surface area (Å²) in [5, 5.41) is 9.76. The molecule has 0 bridgehead atoms. The van der Waals surface area contributed by atoms with Gasteiger partial charge in [0.2, 0.25) is 0 Å². The summed E-state index contributed by atoms with van der Waals surface area (Å²) >= 11 is 0. The summed E-state index contributed by atoms with van der Waals surface area (Å²) in [6.07, 6.45) is 4.28. The van der Waals surface area contributed by atoms with Gasteiger partial charge in [-0.15, -0.1) is 0 Å². The lowest BCUT2D eigenvalue weighted by Crippen LogP contribution is -2.45.